The van der Waals surface area contributed by atoms with Gasteiger partial charge in [-0.15, -0.1) is 0 Å². The number of benzene rings is 1. The third kappa shape index (κ3) is 2.76. The summed E-state index contributed by atoms with van der Waals surface area (Å²) in [6.45, 7) is 6.11. The van der Waals surface area contributed by atoms with Gasteiger partial charge >= 0.3 is 0 Å². The number of ether oxygens (including phenoxy) is 1. The summed E-state index contributed by atoms with van der Waals surface area (Å²) in [5.41, 5.74) is 4.60. The van der Waals surface area contributed by atoms with Gasteiger partial charge in [-0.25, -0.2) is 9.97 Å². The van der Waals surface area contributed by atoms with Crippen molar-refractivity contribution in [1.82, 2.24) is 15.3 Å². The van der Waals surface area contributed by atoms with Crippen molar-refractivity contribution in [2.75, 3.05) is 13.7 Å². The predicted molar refractivity (Wildman–Crippen MR) is 83.5 cm³/mol. The van der Waals surface area contributed by atoms with Crippen LogP contribution in [-0.2, 0) is 13.0 Å². The van der Waals surface area contributed by atoms with Gasteiger partial charge in [0.2, 0.25) is 0 Å². The fraction of sp³-hybridized carbons (Fsp3) is 0.412. The van der Waals surface area contributed by atoms with E-state index in [9.17, 15) is 0 Å². The first-order valence-electron chi connectivity index (χ1n) is 7.44. The second-order valence-electron chi connectivity index (χ2n) is 5.67. The minimum Gasteiger partial charge on any atom is -0.497 e. The highest BCUT2D eigenvalue weighted by Crippen LogP contribution is 2.28. The monoisotopic (exact) mass is 283 g/mol. The molecular weight excluding hydrogens is 262 g/mol. The number of hydrogen-bond acceptors (Lipinski definition) is 4. The van der Waals surface area contributed by atoms with E-state index in [1.54, 1.807) is 7.11 Å². The molecule has 21 heavy (non-hydrogen) atoms. The summed E-state index contributed by atoms with van der Waals surface area (Å²) in [4.78, 5) is 9.58. The largest absolute Gasteiger partial charge is 0.497 e. The highest BCUT2D eigenvalue weighted by atomic mass is 16.5. The average molecular weight is 283 g/mol. The number of rotatable bonds is 3. The first-order chi connectivity index (χ1) is 10.2. The van der Waals surface area contributed by atoms with E-state index >= 15 is 0 Å². The van der Waals surface area contributed by atoms with E-state index in [0.29, 0.717) is 5.92 Å². The quantitative estimate of drug-likeness (QED) is 0.941. The molecule has 0 atom stereocenters. The van der Waals surface area contributed by atoms with E-state index in [1.165, 1.54) is 11.3 Å². The van der Waals surface area contributed by atoms with Crippen molar-refractivity contribution in [2.45, 2.75) is 32.7 Å². The van der Waals surface area contributed by atoms with Gasteiger partial charge in [0.25, 0.3) is 0 Å². The maximum absolute atomic E-state index is 5.23. The van der Waals surface area contributed by atoms with Crippen LogP contribution in [0.1, 0.15) is 36.8 Å². The Morgan fingerprint density at radius 2 is 1.90 bits per heavy atom. The zero-order valence-electron chi connectivity index (χ0n) is 12.8. The molecule has 4 heteroatoms. The van der Waals surface area contributed by atoms with Crippen molar-refractivity contribution in [2.24, 2.45) is 0 Å². The molecule has 4 nitrogen and oxygen atoms in total. The van der Waals surface area contributed by atoms with Crippen molar-refractivity contribution >= 4 is 0 Å². The lowest BCUT2D eigenvalue weighted by atomic mass is 9.99. The van der Waals surface area contributed by atoms with Gasteiger partial charge < -0.3 is 10.1 Å². The molecule has 0 spiro atoms. The van der Waals surface area contributed by atoms with Crippen molar-refractivity contribution in [3.63, 3.8) is 0 Å². The van der Waals surface area contributed by atoms with Crippen LogP contribution in [0.15, 0.2) is 24.3 Å². The van der Waals surface area contributed by atoms with E-state index in [4.69, 9.17) is 14.7 Å². The molecule has 1 aromatic carbocycles. The Kier molecular flexibility index (Phi) is 3.88. The van der Waals surface area contributed by atoms with E-state index in [0.717, 1.165) is 42.3 Å². The van der Waals surface area contributed by atoms with E-state index in [-0.39, 0.29) is 0 Å². The van der Waals surface area contributed by atoms with Crippen molar-refractivity contribution in [3.05, 3.63) is 41.3 Å². The molecule has 1 aliphatic heterocycles. The zero-order chi connectivity index (χ0) is 14.8. The molecule has 2 aromatic rings. The highest BCUT2D eigenvalue weighted by Gasteiger charge is 2.19. The fourth-order valence-electron chi connectivity index (χ4n) is 2.61. The van der Waals surface area contributed by atoms with Gasteiger partial charge in [0.1, 0.15) is 11.6 Å². The summed E-state index contributed by atoms with van der Waals surface area (Å²) >= 11 is 0. The van der Waals surface area contributed by atoms with Crippen LogP contribution in [0, 0.1) is 0 Å². The summed E-state index contributed by atoms with van der Waals surface area (Å²) in [6.07, 6.45) is 0.973. The Hall–Kier alpha value is -1.94. The molecule has 0 bridgehead atoms. The zero-order valence-corrected chi connectivity index (χ0v) is 12.8. The van der Waals surface area contributed by atoms with Crippen LogP contribution in [0.5, 0.6) is 5.75 Å². The molecule has 1 aromatic heterocycles. The molecule has 1 aliphatic rings. The molecule has 0 amide bonds. The Balaban J connectivity index is 2.12. The second kappa shape index (κ2) is 5.82. The Bertz CT molecular complexity index is 635. The second-order valence-corrected chi connectivity index (χ2v) is 5.67. The lowest BCUT2D eigenvalue weighted by Gasteiger charge is -2.21. The average Bonchev–Trinajstić information content (AvgIpc) is 2.54. The number of fused-ring (bicyclic) bond motifs is 1. The first kappa shape index (κ1) is 14.0. The standard InChI is InChI=1S/C17H21N3O/c1-11(2)17-19-15-8-9-18-10-14(15)16(20-17)12-4-6-13(21-3)7-5-12/h4-7,11,18H,8-10H2,1-3H3. The number of nitrogens with one attached hydrogen (secondary N) is 1. The van der Waals surface area contributed by atoms with E-state index < -0.39 is 0 Å². The minimum absolute atomic E-state index is 0.335. The number of methoxy groups -OCH3 is 1. The minimum atomic E-state index is 0.335. The number of hydrogen-bond donors (Lipinski definition) is 1. The topological polar surface area (TPSA) is 47.0 Å². The van der Waals surface area contributed by atoms with Gasteiger partial charge in [0, 0.05) is 36.6 Å². The van der Waals surface area contributed by atoms with Gasteiger partial charge in [-0.3, -0.25) is 0 Å². The van der Waals surface area contributed by atoms with Crippen molar-refractivity contribution in [3.8, 4) is 17.0 Å². The van der Waals surface area contributed by atoms with Gasteiger partial charge in [0.05, 0.1) is 18.5 Å². The van der Waals surface area contributed by atoms with Crippen LogP contribution in [0.4, 0.5) is 0 Å². The molecule has 1 N–H and O–H groups in total. The summed E-state index contributed by atoms with van der Waals surface area (Å²) in [5, 5.41) is 3.42. The Morgan fingerprint density at radius 3 is 2.57 bits per heavy atom. The molecule has 110 valence electrons. The summed E-state index contributed by atoms with van der Waals surface area (Å²) in [5.74, 6) is 2.13. The maximum atomic E-state index is 5.23. The number of nitrogens with zero attached hydrogens (tertiary/aromatic N) is 2. The van der Waals surface area contributed by atoms with Gasteiger partial charge in [-0.2, -0.15) is 0 Å². The molecule has 0 saturated heterocycles. The van der Waals surface area contributed by atoms with Crippen LogP contribution in [0.2, 0.25) is 0 Å². The van der Waals surface area contributed by atoms with Crippen LogP contribution < -0.4 is 10.1 Å². The third-order valence-corrected chi connectivity index (χ3v) is 3.83. The van der Waals surface area contributed by atoms with Gasteiger partial charge in [0.15, 0.2) is 0 Å². The van der Waals surface area contributed by atoms with Crippen LogP contribution in [-0.4, -0.2) is 23.6 Å². The van der Waals surface area contributed by atoms with Gasteiger partial charge in [-0.05, 0) is 24.3 Å². The highest BCUT2D eigenvalue weighted by molar-refractivity contribution is 5.65. The SMILES string of the molecule is COc1ccc(-c2nc(C(C)C)nc3c2CNCC3)cc1. The molecule has 0 aliphatic carbocycles. The van der Waals surface area contributed by atoms with E-state index in [2.05, 4.69) is 31.3 Å². The molecule has 0 unspecified atom stereocenters. The molecular formula is C17H21N3O. The van der Waals surface area contributed by atoms with Gasteiger partial charge in [-0.1, -0.05) is 13.8 Å². The summed E-state index contributed by atoms with van der Waals surface area (Å²) < 4.78 is 5.23. The summed E-state index contributed by atoms with van der Waals surface area (Å²) in [6, 6.07) is 8.10. The van der Waals surface area contributed by atoms with Crippen LogP contribution >= 0.6 is 0 Å². The third-order valence-electron chi connectivity index (χ3n) is 3.83. The normalized spacial score (nSPS) is 14.1. The molecule has 0 radical (unpaired) electrons. The van der Waals surface area contributed by atoms with Crippen molar-refractivity contribution < 1.29 is 4.74 Å². The number of aromatic nitrogens is 2. The van der Waals surface area contributed by atoms with Crippen molar-refractivity contribution in [1.29, 1.82) is 0 Å². The smallest absolute Gasteiger partial charge is 0.131 e. The van der Waals surface area contributed by atoms with Crippen LogP contribution in [0.3, 0.4) is 0 Å². The predicted octanol–water partition coefficient (Wildman–Crippen LogP) is 2.92. The Labute approximate surface area is 125 Å². The van der Waals surface area contributed by atoms with Crippen LogP contribution in [0.25, 0.3) is 11.3 Å². The maximum Gasteiger partial charge on any atom is 0.131 e. The first-order valence-corrected chi connectivity index (χ1v) is 7.44. The Morgan fingerprint density at radius 1 is 1.14 bits per heavy atom. The molecule has 0 saturated carbocycles. The molecule has 3 rings (SSSR count). The van der Waals surface area contributed by atoms with E-state index in [1.807, 2.05) is 12.1 Å². The molecule has 0 fully saturated rings. The fourth-order valence-corrected chi connectivity index (χ4v) is 2.61. The molecule has 2 heterocycles. The lowest BCUT2D eigenvalue weighted by molar-refractivity contribution is 0.415. The summed E-state index contributed by atoms with van der Waals surface area (Å²) in [7, 11) is 1.68. The lowest BCUT2D eigenvalue weighted by Crippen LogP contribution is -2.26.